The minimum Gasteiger partial charge on any atom is -0.207 e. The highest BCUT2D eigenvalue weighted by atomic mass is 35.5. The van der Waals surface area contributed by atoms with Gasteiger partial charge >= 0.3 is 0 Å². The van der Waals surface area contributed by atoms with Gasteiger partial charge in [0.25, 0.3) is 0 Å². The molecule has 0 aliphatic heterocycles. The zero-order valence-electron chi connectivity index (χ0n) is 8.70. The van der Waals surface area contributed by atoms with Crippen LogP contribution < -0.4 is 4.72 Å². The number of halogens is 1. The number of benzene rings is 1. The van der Waals surface area contributed by atoms with E-state index in [0.717, 1.165) is 5.56 Å². The summed E-state index contributed by atoms with van der Waals surface area (Å²) in [7, 11) is -3.43. The van der Waals surface area contributed by atoms with Crippen molar-refractivity contribution in [2.45, 2.75) is 24.8 Å². The van der Waals surface area contributed by atoms with E-state index in [-0.39, 0.29) is 16.8 Å². The van der Waals surface area contributed by atoms with Gasteiger partial charge in [-0.25, -0.2) is 13.1 Å². The first kappa shape index (κ1) is 12.5. The molecular weight excluding hydrogens is 234 g/mol. The fraction of sp³-hybridized carbons (Fsp3) is 0.400. The predicted molar refractivity (Wildman–Crippen MR) is 61.7 cm³/mol. The molecular formula is C10H14ClNO2S. The van der Waals surface area contributed by atoms with E-state index in [9.17, 15) is 8.42 Å². The van der Waals surface area contributed by atoms with Crippen LogP contribution in [-0.4, -0.2) is 20.3 Å². The summed E-state index contributed by atoms with van der Waals surface area (Å²) < 4.78 is 26.1. The third-order valence-corrected chi connectivity index (χ3v) is 3.94. The van der Waals surface area contributed by atoms with Crippen molar-refractivity contribution in [2.75, 3.05) is 5.88 Å². The molecule has 1 atom stereocenters. The molecule has 0 amide bonds. The van der Waals surface area contributed by atoms with Crippen LogP contribution in [0.3, 0.4) is 0 Å². The van der Waals surface area contributed by atoms with Crippen LogP contribution in [0.25, 0.3) is 0 Å². The average molecular weight is 248 g/mol. The molecule has 15 heavy (non-hydrogen) atoms. The third kappa shape index (κ3) is 3.48. The Morgan fingerprint density at radius 3 is 2.67 bits per heavy atom. The second-order valence-corrected chi connectivity index (χ2v) is 5.52. The second-order valence-electron chi connectivity index (χ2n) is 3.49. The van der Waals surface area contributed by atoms with Crippen molar-refractivity contribution in [2.24, 2.45) is 0 Å². The van der Waals surface area contributed by atoms with Crippen molar-refractivity contribution in [3.05, 3.63) is 29.8 Å². The number of sulfonamides is 1. The number of aryl methyl sites for hydroxylation is 1. The number of nitrogens with one attached hydrogen (secondary N) is 1. The highest BCUT2D eigenvalue weighted by Gasteiger charge is 2.16. The van der Waals surface area contributed by atoms with Gasteiger partial charge in [-0.15, -0.1) is 11.6 Å². The fourth-order valence-corrected chi connectivity index (χ4v) is 2.66. The predicted octanol–water partition coefficient (Wildman–Crippen LogP) is 1.90. The SMILES string of the molecule is Cc1cccc(S(=O)(=O)NC(C)CCl)c1. The van der Waals surface area contributed by atoms with Gasteiger partial charge in [0.2, 0.25) is 10.0 Å². The van der Waals surface area contributed by atoms with Crippen LogP contribution in [0.15, 0.2) is 29.2 Å². The second kappa shape index (κ2) is 4.96. The van der Waals surface area contributed by atoms with Crippen molar-refractivity contribution < 1.29 is 8.42 Å². The van der Waals surface area contributed by atoms with Crippen molar-refractivity contribution in [1.82, 2.24) is 4.72 Å². The topological polar surface area (TPSA) is 46.2 Å². The zero-order valence-corrected chi connectivity index (χ0v) is 10.3. The Labute approximate surface area is 95.5 Å². The lowest BCUT2D eigenvalue weighted by Crippen LogP contribution is -2.33. The van der Waals surface area contributed by atoms with Crippen LogP contribution in [0.1, 0.15) is 12.5 Å². The third-order valence-electron chi connectivity index (χ3n) is 1.89. The van der Waals surface area contributed by atoms with E-state index in [1.54, 1.807) is 25.1 Å². The Balaban J connectivity index is 2.96. The summed E-state index contributed by atoms with van der Waals surface area (Å²) in [5.41, 5.74) is 0.913. The number of hydrogen-bond donors (Lipinski definition) is 1. The van der Waals surface area contributed by atoms with Gasteiger partial charge < -0.3 is 0 Å². The highest BCUT2D eigenvalue weighted by Crippen LogP contribution is 2.11. The Kier molecular flexibility index (Phi) is 4.13. The minimum absolute atomic E-state index is 0.255. The summed E-state index contributed by atoms with van der Waals surface area (Å²) >= 11 is 5.55. The molecule has 0 heterocycles. The molecule has 1 rings (SSSR count). The Bertz CT molecular complexity index is 431. The molecule has 0 radical (unpaired) electrons. The summed E-state index contributed by atoms with van der Waals surface area (Å²) in [6.45, 7) is 3.57. The van der Waals surface area contributed by atoms with Crippen molar-refractivity contribution in [3.8, 4) is 0 Å². The largest absolute Gasteiger partial charge is 0.240 e. The van der Waals surface area contributed by atoms with Crippen LogP contribution in [0.5, 0.6) is 0 Å². The smallest absolute Gasteiger partial charge is 0.207 e. The molecule has 0 aromatic heterocycles. The van der Waals surface area contributed by atoms with Crippen molar-refractivity contribution >= 4 is 21.6 Å². The van der Waals surface area contributed by atoms with Crippen LogP contribution in [-0.2, 0) is 10.0 Å². The molecule has 0 bridgehead atoms. The summed E-state index contributed by atoms with van der Waals surface area (Å²) in [5, 5.41) is 0. The van der Waals surface area contributed by atoms with Gasteiger partial charge in [-0.3, -0.25) is 0 Å². The molecule has 84 valence electrons. The summed E-state index contributed by atoms with van der Waals surface area (Å²) in [6, 6.07) is 6.50. The first-order valence-corrected chi connectivity index (χ1v) is 6.62. The molecule has 0 saturated carbocycles. The molecule has 1 unspecified atom stereocenters. The van der Waals surface area contributed by atoms with E-state index in [2.05, 4.69) is 4.72 Å². The number of alkyl halides is 1. The van der Waals surface area contributed by atoms with Gasteiger partial charge in [0, 0.05) is 11.9 Å². The zero-order chi connectivity index (χ0) is 11.5. The maximum atomic E-state index is 11.8. The van der Waals surface area contributed by atoms with Gasteiger partial charge in [-0.05, 0) is 31.5 Å². The summed E-state index contributed by atoms with van der Waals surface area (Å²) in [6.07, 6.45) is 0. The first-order chi connectivity index (χ1) is 6.95. The van der Waals surface area contributed by atoms with Crippen LogP contribution in [0, 0.1) is 6.92 Å². The van der Waals surface area contributed by atoms with Gasteiger partial charge in [0.05, 0.1) is 4.90 Å². The maximum absolute atomic E-state index is 11.8. The number of hydrogen-bond acceptors (Lipinski definition) is 2. The quantitative estimate of drug-likeness (QED) is 0.826. The Morgan fingerprint density at radius 2 is 2.13 bits per heavy atom. The summed E-state index contributed by atoms with van der Waals surface area (Å²) in [5.74, 6) is 0.255. The molecule has 5 heteroatoms. The standard InChI is InChI=1S/C10H14ClNO2S/c1-8-4-3-5-10(6-8)15(13,14)12-9(2)7-11/h3-6,9,12H,7H2,1-2H3. The van der Waals surface area contributed by atoms with E-state index < -0.39 is 10.0 Å². The van der Waals surface area contributed by atoms with E-state index in [4.69, 9.17) is 11.6 Å². The van der Waals surface area contributed by atoms with E-state index in [1.807, 2.05) is 13.0 Å². The van der Waals surface area contributed by atoms with E-state index >= 15 is 0 Å². The van der Waals surface area contributed by atoms with E-state index in [1.165, 1.54) is 0 Å². The lowest BCUT2D eigenvalue weighted by atomic mass is 10.2. The molecule has 0 spiro atoms. The van der Waals surface area contributed by atoms with Gasteiger partial charge in [-0.1, -0.05) is 12.1 Å². The van der Waals surface area contributed by atoms with Crippen LogP contribution in [0.4, 0.5) is 0 Å². The van der Waals surface area contributed by atoms with Crippen molar-refractivity contribution in [3.63, 3.8) is 0 Å². The summed E-state index contributed by atoms with van der Waals surface area (Å²) in [4.78, 5) is 0.277. The fourth-order valence-electron chi connectivity index (χ4n) is 1.15. The molecule has 1 N–H and O–H groups in total. The van der Waals surface area contributed by atoms with Crippen LogP contribution in [0.2, 0.25) is 0 Å². The minimum atomic E-state index is -3.43. The number of rotatable bonds is 4. The van der Waals surface area contributed by atoms with Gasteiger partial charge in [0.1, 0.15) is 0 Å². The average Bonchev–Trinajstić information content (AvgIpc) is 2.17. The van der Waals surface area contributed by atoms with Gasteiger partial charge in [-0.2, -0.15) is 0 Å². The van der Waals surface area contributed by atoms with E-state index in [0.29, 0.717) is 0 Å². The molecule has 0 aliphatic carbocycles. The Morgan fingerprint density at radius 1 is 1.47 bits per heavy atom. The molecule has 0 saturated heterocycles. The lowest BCUT2D eigenvalue weighted by Gasteiger charge is -2.11. The molecule has 0 aliphatic rings. The molecule has 0 fully saturated rings. The normalized spacial score (nSPS) is 13.8. The van der Waals surface area contributed by atoms with Crippen LogP contribution >= 0.6 is 11.6 Å². The molecule has 1 aromatic rings. The van der Waals surface area contributed by atoms with Gasteiger partial charge in [0.15, 0.2) is 0 Å². The highest BCUT2D eigenvalue weighted by molar-refractivity contribution is 7.89. The lowest BCUT2D eigenvalue weighted by molar-refractivity contribution is 0.570. The molecule has 3 nitrogen and oxygen atoms in total. The first-order valence-electron chi connectivity index (χ1n) is 4.60. The Hall–Kier alpha value is -0.580. The maximum Gasteiger partial charge on any atom is 0.240 e. The molecule has 1 aromatic carbocycles. The van der Waals surface area contributed by atoms with Crippen molar-refractivity contribution in [1.29, 1.82) is 0 Å². The monoisotopic (exact) mass is 247 g/mol.